The van der Waals surface area contributed by atoms with Gasteiger partial charge in [0, 0.05) is 0 Å². The number of hydrogen-bond donors (Lipinski definition) is 3. The molecule has 0 radical (unpaired) electrons. The largest absolute Gasteiger partial charge is 1.00 e. The Kier molecular flexibility index (Phi) is 5.52. The van der Waals surface area contributed by atoms with Gasteiger partial charge in [0.15, 0.2) is 23.2 Å². The molecule has 8 nitrogen and oxygen atoms in total. The van der Waals surface area contributed by atoms with E-state index < -0.39 is 24.5 Å². The molecule has 128 valence electrons. The topological polar surface area (TPSA) is 119 Å². The molecular formula is C13H20BrN5O3S. The van der Waals surface area contributed by atoms with Crippen LogP contribution >= 0.6 is 0 Å². The molecule has 1 aliphatic heterocycles. The molecule has 1 fully saturated rings. The van der Waals surface area contributed by atoms with E-state index in [4.69, 9.17) is 10.5 Å². The predicted octanol–water partition coefficient (Wildman–Crippen LogP) is -3.78. The first kappa shape index (κ1) is 18.4. The van der Waals surface area contributed by atoms with Crippen LogP contribution in [0.2, 0.25) is 0 Å². The van der Waals surface area contributed by atoms with E-state index in [2.05, 4.69) is 27.5 Å². The van der Waals surface area contributed by atoms with E-state index in [0.717, 1.165) is 0 Å². The summed E-state index contributed by atoms with van der Waals surface area (Å²) in [5.74, 6) is 1.57. The fraction of sp³-hybridized carbons (Fsp3) is 0.615. The van der Waals surface area contributed by atoms with Crippen molar-refractivity contribution in [2.45, 2.75) is 31.5 Å². The first-order valence-electron chi connectivity index (χ1n) is 6.91. The third-order valence-corrected chi connectivity index (χ3v) is 4.77. The number of nitrogens with two attached hydrogens (primary N) is 1. The van der Waals surface area contributed by atoms with Gasteiger partial charge in [-0.05, 0) is 17.8 Å². The van der Waals surface area contributed by atoms with Gasteiger partial charge >= 0.3 is 0 Å². The van der Waals surface area contributed by atoms with Crippen LogP contribution in [-0.2, 0) is 15.6 Å². The lowest BCUT2D eigenvalue weighted by Gasteiger charge is -2.18. The highest BCUT2D eigenvalue weighted by Gasteiger charge is 2.46. The number of halogens is 1. The minimum atomic E-state index is -1.04. The molecule has 0 bridgehead atoms. The standard InChI is InChI=1S/C13H20N5O3S.BrH/c1-6-17-8-11(14)15-5-16-12(8)18(6)13-10(20)9(19)7(21-13)4-22(2)3;/h5,7,9-10,13,19-20H,4H2,1-3H3,(H2,14,15,16);1H/q+1;/p-1/t7-,9-,10-,13-;/m1./s1. The molecule has 3 heterocycles. The molecule has 0 saturated carbocycles. The van der Waals surface area contributed by atoms with Gasteiger partial charge in [0.25, 0.3) is 0 Å². The zero-order valence-corrected chi connectivity index (χ0v) is 15.5. The normalized spacial score (nSPS) is 27.6. The lowest BCUT2D eigenvalue weighted by Crippen LogP contribution is -3.00. The van der Waals surface area contributed by atoms with Crippen LogP contribution < -0.4 is 22.7 Å². The van der Waals surface area contributed by atoms with E-state index in [-0.39, 0.29) is 33.7 Å². The van der Waals surface area contributed by atoms with Crippen LogP contribution in [0.1, 0.15) is 12.1 Å². The second-order valence-corrected chi connectivity index (χ2v) is 7.96. The molecule has 4 N–H and O–H groups in total. The van der Waals surface area contributed by atoms with Crippen molar-refractivity contribution in [1.82, 2.24) is 19.5 Å². The highest BCUT2D eigenvalue weighted by Crippen LogP contribution is 2.33. The van der Waals surface area contributed by atoms with Gasteiger partial charge in [-0.25, -0.2) is 15.0 Å². The summed E-state index contributed by atoms with van der Waals surface area (Å²) in [5.41, 5.74) is 6.78. The van der Waals surface area contributed by atoms with Crippen molar-refractivity contribution in [3.63, 3.8) is 0 Å². The van der Waals surface area contributed by atoms with Crippen molar-refractivity contribution in [1.29, 1.82) is 0 Å². The van der Waals surface area contributed by atoms with Gasteiger partial charge in [0.1, 0.15) is 36.2 Å². The minimum absolute atomic E-state index is 0. The van der Waals surface area contributed by atoms with Crippen molar-refractivity contribution in [3.8, 4) is 0 Å². The Balaban J connectivity index is 0.00000192. The predicted molar refractivity (Wildman–Crippen MR) is 84.5 cm³/mol. The average Bonchev–Trinajstić information content (AvgIpc) is 2.91. The van der Waals surface area contributed by atoms with Crippen LogP contribution in [0.5, 0.6) is 0 Å². The third-order valence-electron chi connectivity index (χ3n) is 3.77. The number of aliphatic hydroxyl groups is 2. The molecular weight excluding hydrogens is 386 g/mol. The molecule has 0 aliphatic carbocycles. The summed E-state index contributed by atoms with van der Waals surface area (Å²) >= 11 is 0. The number of nitrogens with zero attached hydrogens (tertiary/aromatic N) is 4. The summed E-state index contributed by atoms with van der Waals surface area (Å²) in [6.45, 7) is 1.78. The molecule has 2 aromatic heterocycles. The molecule has 23 heavy (non-hydrogen) atoms. The number of anilines is 1. The zero-order valence-electron chi connectivity index (χ0n) is 13.0. The second kappa shape index (κ2) is 6.89. The molecule has 3 rings (SSSR count). The number of aryl methyl sites for hydroxylation is 1. The van der Waals surface area contributed by atoms with Crippen molar-refractivity contribution in [3.05, 3.63) is 12.2 Å². The smallest absolute Gasteiger partial charge is 0.167 e. The first-order chi connectivity index (χ1) is 10.4. The van der Waals surface area contributed by atoms with Crippen molar-refractivity contribution in [2.24, 2.45) is 0 Å². The summed E-state index contributed by atoms with van der Waals surface area (Å²) in [6, 6.07) is 0. The average molecular weight is 406 g/mol. The number of imidazole rings is 1. The highest BCUT2D eigenvalue weighted by atomic mass is 79.9. The minimum Gasteiger partial charge on any atom is -1.00 e. The van der Waals surface area contributed by atoms with Gasteiger partial charge in [-0.15, -0.1) is 0 Å². The fourth-order valence-electron chi connectivity index (χ4n) is 2.75. The van der Waals surface area contributed by atoms with E-state index in [0.29, 0.717) is 22.7 Å². The number of ether oxygens (including phenoxy) is 1. The zero-order chi connectivity index (χ0) is 16.0. The summed E-state index contributed by atoms with van der Waals surface area (Å²) in [6.07, 6.45) is 2.37. The lowest BCUT2D eigenvalue weighted by molar-refractivity contribution is -0.0301. The molecule has 1 saturated heterocycles. The van der Waals surface area contributed by atoms with Gasteiger partial charge < -0.3 is 37.7 Å². The van der Waals surface area contributed by atoms with Gasteiger partial charge in [-0.1, -0.05) is 0 Å². The first-order valence-corrected chi connectivity index (χ1v) is 9.12. The Morgan fingerprint density at radius 3 is 2.65 bits per heavy atom. The van der Waals surface area contributed by atoms with Crippen molar-refractivity contribution < 1.29 is 31.9 Å². The van der Waals surface area contributed by atoms with Crippen LogP contribution in [-0.4, -0.2) is 66.3 Å². The fourth-order valence-corrected chi connectivity index (χ4v) is 3.68. The monoisotopic (exact) mass is 405 g/mol. The molecule has 2 aromatic rings. The molecule has 4 atom stereocenters. The van der Waals surface area contributed by atoms with Gasteiger partial charge in [0.05, 0.1) is 12.5 Å². The van der Waals surface area contributed by atoms with E-state index in [1.165, 1.54) is 6.33 Å². The molecule has 0 unspecified atom stereocenters. The van der Waals surface area contributed by atoms with Gasteiger partial charge in [0.2, 0.25) is 0 Å². The van der Waals surface area contributed by atoms with E-state index in [1.54, 1.807) is 11.5 Å². The summed E-state index contributed by atoms with van der Waals surface area (Å²) in [4.78, 5) is 12.5. The maximum absolute atomic E-state index is 10.4. The molecule has 0 amide bonds. The number of hydrogen-bond acceptors (Lipinski definition) is 7. The Morgan fingerprint density at radius 1 is 1.30 bits per heavy atom. The van der Waals surface area contributed by atoms with Gasteiger partial charge in [-0.3, -0.25) is 4.57 Å². The SMILES string of the molecule is Cc1nc2c(N)ncnc2n1[C@@H]1O[C@H](C[S+](C)C)[C@@H](O)[C@H]1O.[Br-]. The van der Waals surface area contributed by atoms with Crippen LogP contribution in [0.25, 0.3) is 11.2 Å². The second-order valence-electron chi connectivity index (χ2n) is 5.66. The summed E-state index contributed by atoms with van der Waals surface area (Å²) in [7, 11) is 0.0945. The number of aromatic nitrogens is 4. The Hall–Kier alpha value is -0.940. The number of rotatable bonds is 3. The van der Waals surface area contributed by atoms with Crippen molar-refractivity contribution >= 4 is 27.9 Å². The highest BCUT2D eigenvalue weighted by molar-refractivity contribution is 7.95. The number of nitrogen functional groups attached to an aromatic ring is 1. The quantitative estimate of drug-likeness (QED) is 0.448. The molecule has 1 aliphatic rings. The van der Waals surface area contributed by atoms with Gasteiger partial charge in [-0.2, -0.15) is 0 Å². The van der Waals surface area contributed by atoms with E-state index in [1.807, 2.05) is 0 Å². The Bertz CT molecular complexity index is 698. The summed E-state index contributed by atoms with van der Waals surface area (Å²) < 4.78 is 7.57. The van der Waals surface area contributed by atoms with Crippen LogP contribution in [0.4, 0.5) is 5.82 Å². The van der Waals surface area contributed by atoms with Crippen LogP contribution in [0, 0.1) is 6.92 Å². The molecule has 0 aromatic carbocycles. The summed E-state index contributed by atoms with van der Waals surface area (Å²) in [5, 5.41) is 20.6. The number of aliphatic hydroxyl groups excluding tert-OH is 2. The Labute approximate surface area is 147 Å². The Morgan fingerprint density at radius 2 is 2.00 bits per heavy atom. The number of fused-ring (bicyclic) bond motifs is 1. The maximum atomic E-state index is 10.4. The van der Waals surface area contributed by atoms with Crippen LogP contribution in [0.15, 0.2) is 6.33 Å². The molecule has 0 spiro atoms. The third kappa shape index (κ3) is 3.18. The van der Waals surface area contributed by atoms with E-state index in [9.17, 15) is 10.2 Å². The lowest BCUT2D eigenvalue weighted by atomic mass is 10.1. The maximum Gasteiger partial charge on any atom is 0.167 e. The van der Waals surface area contributed by atoms with E-state index >= 15 is 0 Å². The molecule has 10 heteroatoms. The van der Waals surface area contributed by atoms with Crippen LogP contribution in [0.3, 0.4) is 0 Å². The van der Waals surface area contributed by atoms with Crippen molar-refractivity contribution in [2.75, 3.05) is 24.0 Å².